The lowest BCUT2D eigenvalue weighted by Gasteiger charge is -2.19. The van der Waals surface area contributed by atoms with Crippen LogP contribution in [0.1, 0.15) is 28.5 Å². The van der Waals surface area contributed by atoms with Gasteiger partial charge in [0.1, 0.15) is 0 Å². The average molecular weight is 429 g/mol. The summed E-state index contributed by atoms with van der Waals surface area (Å²) in [6.45, 7) is 2.35. The quantitative estimate of drug-likeness (QED) is 0.591. The van der Waals surface area contributed by atoms with E-state index < -0.39 is 5.97 Å². The summed E-state index contributed by atoms with van der Waals surface area (Å²) in [7, 11) is 0. The predicted octanol–water partition coefficient (Wildman–Crippen LogP) is 5.08. The highest BCUT2D eigenvalue weighted by molar-refractivity contribution is 6.39. The van der Waals surface area contributed by atoms with Crippen LogP contribution in [-0.2, 0) is 16.0 Å². The fraction of sp³-hybridized carbons (Fsp3) is 0.182. The van der Waals surface area contributed by atoms with Crippen LogP contribution in [0.4, 0.5) is 0 Å². The first-order valence-corrected chi connectivity index (χ1v) is 10.0. The van der Waals surface area contributed by atoms with Gasteiger partial charge in [-0.1, -0.05) is 47.5 Å². The molecule has 1 aliphatic heterocycles. The van der Waals surface area contributed by atoms with Crippen LogP contribution in [0.15, 0.2) is 48.7 Å². The van der Waals surface area contributed by atoms with Crippen LogP contribution in [0.25, 0.3) is 16.5 Å². The minimum atomic E-state index is -0.495. The number of aromatic nitrogens is 1. The molecule has 1 N–H and O–H groups in total. The number of ether oxygens (including phenoxy) is 1. The van der Waals surface area contributed by atoms with Crippen LogP contribution in [0.3, 0.4) is 0 Å². The fourth-order valence-corrected chi connectivity index (χ4v) is 4.14. The molecule has 0 saturated heterocycles. The summed E-state index contributed by atoms with van der Waals surface area (Å²) >= 11 is 12.5. The number of rotatable bonds is 3. The van der Waals surface area contributed by atoms with Gasteiger partial charge >= 0.3 is 5.97 Å². The van der Waals surface area contributed by atoms with Crippen molar-refractivity contribution >= 4 is 51.6 Å². The number of benzene rings is 2. The van der Waals surface area contributed by atoms with E-state index in [0.29, 0.717) is 24.2 Å². The van der Waals surface area contributed by atoms with E-state index in [1.54, 1.807) is 25.1 Å². The number of aromatic amines is 1. The summed E-state index contributed by atoms with van der Waals surface area (Å²) in [6, 6.07) is 12.7. The largest absolute Gasteiger partial charge is 0.462 e. The van der Waals surface area contributed by atoms with Crippen molar-refractivity contribution in [3.8, 4) is 0 Å². The Balaban J connectivity index is 1.83. The fourth-order valence-electron chi connectivity index (χ4n) is 3.58. The number of hydrogen-bond donors (Lipinski definition) is 1. The van der Waals surface area contributed by atoms with Crippen molar-refractivity contribution in [2.24, 2.45) is 0 Å². The number of halogens is 2. The van der Waals surface area contributed by atoms with Gasteiger partial charge in [0.15, 0.2) is 0 Å². The van der Waals surface area contributed by atoms with Gasteiger partial charge in [-0.2, -0.15) is 0 Å². The Morgan fingerprint density at radius 2 is 1.83 bits per heavy atom. The van der Waals surface area contributed by atoms with E-state index in [9.17, 15) is 9.59 Å². The number of carbonyl (C=O) groups is 2. The summed E-state index contributed by atoms with van der Waals surface area (Å²) in [5.41, 5.74) is 3.09. The minimum absolute atomic E-state index is 0.214. The number of hydrogen-bond acceptors (Lipinski definition) is 3. The zero-order valence-electron chi connectivity index (χ0n) is 15.7. The second-order valence-corrected chi connectivity index (χ2v) is 7.45. The van der Waals surface area contributed by atoms with Gasteiger partial charge in [0.05, 0.1) is 33.5 Å². The normalized spacial score (nSPS) is 13.6. The van der Waals surface area contributed by atoms with Crippen LogP contribution in [0.2, 0.25) is 10.0 Å². The number of esters is 1. The maximum Gasteiger partial charge on any atom is 0.341 e. The molecule has 0 radical (unpaired) electrons. The maximum absolute atomic E-state index is 13.2. The van der Waals surface area contributed by atoms with Gasteiger partial charge in [0.2, 0.25) is 0 Å². The molecule has 0 unspecified atom stereocenters. The third kappa shape index (κ3) is 3.52. The monoisotopic (exact) mass is 428 g/mol. The van der Waals surface area contributed by atoms with Crippen LogP contribution in [0.5, 0.6) is 0 Å². The highest BCUT2D eigenvalue weighted by atomic mass is 35.5. The molecule has 0 atom stereocenters. The van der Waals surface area contributed by atoms with E-state index in [2.05, 4.69) is 4.98 Å². The summed E-state index contributed by atoms with van der Waals surface area (Å²) in [5, 5.41) is 1.55. The molecule has 5 nitrogen and oxygen atoms in total. The molecular weight excluding hydrogens is 411 g/mol. The molecular formula is C22H18Cl2N2O3. The second-order valence-electron chi connectivity index (χ2n) is 6.63. The Hall–Kier alpha value is -2.76. The number of carbonyl (C=O) groups excluding carboxylic acids is 2. The Labute approximate surface area is 177 Å². The van der Waals surface area contributed by atoms with E-state index in [4.69, 9.17) is 27.9 Å². The zero-order valence-corrected chi connectivity index (χ0v) is 17.2. The lowest BCUT2D eigenvalue weighted by Crippen LogP contribution is -2.28. The van der Waals surface area contributed by atoms with Gasteiger partial charge < -0.3 is 14.6 Å². The first-order chi connectivity index (χ1) is 14.0. The SMILES string of the molecule is CCOC(=O)C1=CN(C(=O)c2c(Cl)cccc2Cl)CCc2c1[nH]c1ccccc21. The number of amides is 1. The highest BCUT2D eigenvalue weighted by Crippen LogP contribution is 2.33. The number of nitrogens with zero attached hydrogens (tertiary/aromatic N) is 1. The van der Waals surface area contributed by atoms with Crippen molar-refractivity contribution in [2.75, 3.05) is 13.2 Å². The topological polar surface area (TPSA) is 62.4 Å². The molecule has 0 saturated carbocycles. The van der Waals surface area contributed by atoms with Crippen LogP contribution < -0.4 is 0 Å². The minimum Gasteiger partial charge on any atom is -0.462 e. The molecule has 29 heavy (non-hydrogen) atoms. The molecule has 1 aromatic heterocycles. The van der Waals surface area contributed by atoms with Crippen LogP contribution in [0, 0.1) is 0 Å². The number of nitrogens with one attached hydrogen (secondary N) is 1. The summed E-state index contributed by atoms with van der Waals surface area (Å²) in [6.07, 6.45) is 2.09. The Bertz CT molecular complexity index is 1130. The van der Waals surface area contributed by atoms with Crippen LogP contribution in [-0.4, -0.2) is 34.9 Å². The summed E-state index contributed by atoms with van der Waals surface area (Å²) < 4.78 is 5.25. The van der Waals surface area contributed by atoms with Crippen molar-refractivity contribution in [1.29, 1.82) is 0 Å². The van der Waals surface area contributed by atoms with E-state index >= 15 is 0 Å². The molecule has 0 spiro atoms. The Morgan fingerprint density at radius 1 is 1.10 bits per heavy atom. The predicted molar refractivity (Wildman–Crippen MR) is 114 cm³/mol. The van der Waals surface area contributed by atoms with Crippen molar-refractivity contribution in [3.63, 3.8) is 0 Å². The number of para-hydroxylation sites is 1. The van der Waals surface area contributed by atoms with E-state index in [1.807, 2.05) is 24.3 Å². The number of fused-ring (bicyclic) bond motifs is 3. The Morgan fingerprint density at radius 3 is 2.55 bits per heavy atom. The lowest BCUT2D eigenvalue weighted by atomic mass is 10.0. The standard InChI is InChI=1S/C22H18Cl2N2O3/c1-2-29-22(28)15-12-26(21(27)19-16(23)7-5-8-17(19)24)11-10-14-13-6-3-4-9-18(13)25-20(14)15/h3-9,12,25H,2,10-11H2,1H3. The van der Waals surface area contributed by atoms with Crippen molar-refractivity contribution < 1.29 is 14.3 Å². The molecule has 1 aliphatic rings. The second kappa shape index (κ2) is 7.93. The molecule has 4 rings (SSSR count). The lowest BCUT2D eigenvalue weighted by molar-refractivity contribution is -0.136. The molecule has 0 aliphatic carbocycles. The van der Waals surface area contributed by atoms with Gasteiger partial charge in [-0.25, -0.2) is 4.79 Å². The Kier molecular flexibility index (Phi) is 5.35. The van der Waals surface area contributed by atoms with Crippen molar-refractivity contribution in [3.05, 3.63) is 75.5 Å². The first-order valence-electron chi connectivity index (χ1n) is 9.25. The van der Waals surface area contributed by atoms with Gasteiger partial charge in [-0.15, -0.1) is 0 Å². The van der Waals surface area contributed by atoms with Gasteiger partial charge in [0, 0.05) is 23.6 Å². The third-order valence-electron chi connectivity index (χ3n) is 4.90. The summed E-state index contributed by atoms with van der Waals surface area (Å²) in [5.74, 6) is -0.859. The average Bonchev–Trinajstić information content (AvgIpc) is 2.95. The molecule has 3 aromatic rings. The van der Waals surface area contributed by atoms with Crippen LogP contribution >= 0.6 is 23.2 Å². The van der Waals surface area contributed by atoms with Crippen molar-refractivity contribution in [2.45, 2.75) is 13.3 Å². The zero-order chi connectivity index (χ0) is 20.5. The van der Waals surface area contributed by atoms with Gasteiger partial charge in [-0.3, -0.25) is 4.79 Å². The number of H-pyrrole nitrogens is 1. The maximum atomic E-state index is 13.2. The van der Waals surface area contributed by atoms with E-state index in [1.165, 1.54) is 11.1 Å². The molecule has 0 bridgehead atoms. The van der Waals surface area contributed by atoms with Gasteiger partial charge in [0.25, 0.3) is 5.91 Å². The summed E-state index contributed by atoms with van der Waals surface area (Å²) in [4.78, 5) is 30.7. The molecule has 148 valence electrons. The smallest absolute Gasteiger partial charge is 0.341 e. The van der Waals surface area contributed by atoms with Gasteiger partial charge in [-0.05, 0) is 37.1 Å². The van der Waals surface area contributed by atoms with Crippen molar-refractivity contribution in [1.82, 2.24) is 9.88 Å². The highest BCUT2D eigenvalue weighted by Gasteiger charge is 2.29. The van der Waals surface area contributed by atoms with E-state index in [0.717, 1.165) is 16.5 Å². The third-order valence-corrected chi connectivity index (χ3v) is 5.53. The molecule has 1 amide bonds. The molecule has 2 heterocycles. The first kappa shape index (κ1) is 19.6. The molecule has 0 fully saturated rings. The molecule has 2 aromatic carbocycles. The van der Waals surface area contributed by atoms with E-state index in [-0.39, 0.29) is 28.1 Å². The molecule has 7 heteroatoms.